The average Bonchev–Trinajstić information content (AvgIpc) is 3.13. The molecule has 11 heteroatoms. The lowest BCUT2D eigenvalue weighted by molar-refractivity contribution is -0.150. The molecule has 7 N–H and O–H groups in total. The van der Waals surface area contributed by atoms with Crippen LogP contribution in [0.15, 0.2) is 0 Å². The molecule has 1 fully saturated rings. The van der Waals surface area contributed by atoms with Crippen molar-refractivity contribution in [3.05, 3.63) is 0 Å². The van der Waals surface area contributed by atoms with Crippen LogP contribution in [0.4, 0.5) is 0 Å². The molecule has 0 spiro atoms. The Kier molecular flexibility index (Phi) is 9.02. The van der Waals surface area contributed by atoms with Gasteiger partial charge < -0.3 is 32.1 Å². The lowest BCUT2D eigenvalue weighted by Crippen LogP contribution is -2.59. The van der Waals surface area contributed by atoms with Gasteiger partial charge in [0.05, 0.1) is 12.5 Å². The summed E-state index contributed by atoms with van der Waals surface area (Å²) in [6.45, 7) is 5.27. The second-order valence-electron chi connectivity index (χ2n) is 7.42. The Balaban J connectivity index is 3.03. The normalized spacial score (nSPS) is 20.3. The molecule has 5 unspecified atom stereocenters. The monoisotopic (exact) mass is 413 g/mol. The quantitative estimate of drug-likeness (QED) is 0.282. The minimum Gasteiger partial charge on any atom is -0.480 e. The van der Waals surface area contributed by atoms with Gasteiger partial charge in [-0.1, -0.05) is 20.3 Å². The Hall–Kier alpha value is -2.69. The number of carboxylic acids is 1. The summed E-state index contributed by atoms with van der Waals surface area (Å²) in [5.74, 6) is -4.13. The number of carbonyl (C=O) groups excluding carboxylic acids is 4. The van der Waals surface area contributed by atoms with Crippen molar-refractivity contribution in [1.82, 2.24) is 15.5 Å². The molecule has 29 heavy (non-hydrogen) atoms. The molecule has 4 amide bonds. The predicted octanol–water partition coefficient (Wildman–Crippen LogP) is -1.70. The third kappa shape index (κ3) is 6.70. The molecule has 0 aromatic rings. The van der Waals surface area contributed by atoms with Crippen LogP contribution in [0.5, 0.6) is 0 Å². The van der Waals surface area contributed by atoms with Crippen molar-refractivity contribution in [1.29, 1.82) is 0 Å². The lowest BCUT2D eigenvalue weighted by atomic mass is 9.96. The fourth-order valence-corrected chi connectivity index (χ4v) is 3.12. The highest BCUT2D eigenvalue weighted by Gasteiger charge is 2.40. The fourth-order valence-electron chi connectivity index (χ4n) is 3.12. The molecule has 0 bridgehead atoms. The van der Waals surface area contributed by atoms with Crippen LogP contribution in [-0.4, -0.2) is 70.3 Å². The molecule has 0 aromatic carbocycles. The van der Waals surface area contributed by atoms with E-state index in [4.69, 9.17) is 11.5 Å². The van der Waals surface area contributed by atoms with Gasteiger partial charge in [-0.25, -0.2) is 4.79 Å². The highest BCUT2D eigenvalue weighted by molar-refractivity contribution is 5.96. The van der Waals surface area contributed by atoms with E-state index in [0.29, 0.717) is 19.3 Å². The summed E-state index contributed by atoms with van der Waals surface area (Å²) < 4.78 is 0. The summed E-state index contributed by atoms with van der Waals surface area (Å²) in [6, 6.07) is -4.15. The maximum atomic E-state index is 13.0. The number of aliphatic carboxylic acids is 1. The van der Waals surface area contributed by atoms with Gasteiger partial charge in [0, 0.05) is 6.54 Å². The standard InChI is InChI=1S/C18H31N5O6/c1-4-9(2)14(17(27)23-7-5-6-12(23)18(28)29)22-16(26)11(8-13(20)24)21-15(25)10(3)19/h9-12,14H,4-8,19H2,1-3H3,(H2,20,24)(H,21,25)(H,22,26)(H,28,29). The smallest absolute Gasteiger partial charge is 0.326 e. The number of rotatable bonds is 10. The Morgan fingerprint density at radius 1 is 1.14 bits per heavy atom. The molecule has 11 nitrogen and oxygen atoms in total. The van der Waals surface area contributed by atoms with E-state index in [1.165, 1.54) is 11.8 Å². The van der Waals surface area contributed by atoms with Crippen LogP contribution >= 0.6 is 0 Å². The molecule has 0 aliphatic carbocycles. The molecule has 5 atom stereocenters. The van der Waals surface area contributed by atoms with Gasteiger partial charge >= 0.3 is 5.97 Å². The first-order valence-electron chi connectivity index (χ1n) is 9.67. The molecule has 0 saturated carbocycles. The minimum absolute atomic E-state index is 0.282. The molecule has 1 saturated heterocycles. The average molecular weight is 413 g/mol. The summed E-state index contributed by atoms with van der Waals surface area (Å²) in [5.41, 5.74) is 10.7. The fraction of sp³-hybridized carbons (Fsp3) is 0.722. The van der Waals surface area contributed by atoms with Crippen LogP contribution in [0.3, 0.4) is 0 Å². The zero-order chi connectivity index (χ0) is 22.3. The van der Waals surface area contributed by atoms with Crippen LogP contribution in [0.2, 0.25) is 0 Å². The number of likely N-dealkylation sites (tertiary alicyclic amines) is 1. The van der Waals surface area contributed by atoms with Gasteiger partial charge in [0.15, 0.2) is 0 Å². The van der Waals surface area contributed by atoms with Gasteiger partial charge in [0.2, 0.25) is 23.6 Å². The van der Waals surface area contributed by atoms with E-state index < -0.39 is 60.2 Å². The van der Waals surface area contributed by atoms with Gasteiger partial charge in [-0.2, -0.15) is 0 Å². The second kappa shape index (κ2) is 10.7. The van der Waals surface area contributed by atoms with Crippen molar-refractivity contribution in [2.24, 2.45) is 17.4 Å². The molecule has 1 aliphatic heterocycles. The topological polar surface area (TPSA) is 185 Å². The predicted molar refractivity (Wildman–Crippen MR) is 103 cm³/mol. The Labute approximate surface area is 169 Å². The Morgan fingerprint density at radius 3 is 2.24 bits per heavy atom. The van der Waals surface area contributed by atoms with Crippen LogP contribution in [0.1, 0.15) is 46.5 Å². The molecule has 0 aromatic heterocycles. The minimum atomic E-state index is -1.29. The maximum Gasteiger partial charge on any atom is 0.326 e. The van der Waals surface area contributed by atoms with Gasteiger partial charge in [-0.05, 0) is 25.7 Å². The molecule has 1 rings (SSSR count). The highest BCUT2D eigenvalue weighted by Crippen LogP contribution is 2.21. The molecule has 1 aliphatic rings. The summed E-state index contributed by atoms with van der Waals surface area (Å²) >= 11 is 0. The Morgan fingerprint density at radius 2 is 1.76 bits per heavy atom. The summed E-state index contributed by atoms with van der Waals surface area (Å²) in [5, 5.41) is 14.3. The summed E-state index contributed by atoms with van der Waals surface area (Å²) in [7, 11) is 0. The Bertz CT molecular complexity index is 653. The molecular formula is C18H31N5O6. The highest BCUT2D eigenvalue weighted by atomic mass is 16.4. The van der Waals surface area contributed by atoms with Crippen molar-refractivity contribution in [2.45, 2.75) is 70.6 Å². The van der Waals surface area contributed by atoms with E-state index in [1.807, 2.05) is 6.92 Å². The van der Waals surface area contributed by atoms with E-state index in [9.17, 15) is 29.1 Å². The molecule has 164 valence electrons. The van der Waals surface area contributed by atoms with Crippen molar-refractivity contribution in [3.8, 4) is 0 Å². The number of primary amides is 1. The van der Waals surface area contributed by atoms with Crippen LogP contribution in [0.25, 0.3) is 0 Å². The first-order chi connectivity index (χ1) is 13.5. The number of nitrogens with one attached hydrogen (secondary N) is 2. The first-order valence-corrected chi connectivity index (χ1v) is 9.67. The van der Waals surface area contributed by atoms with Crippen molar-refractivity contribution in [2.75, 3.05) is 6.54 Å². The van der Waals surface area contributed by atoms with E-state index in [0.717, 1.165) is 0 Å². The number of hydrogen-bond acceptors (Lipinski definition) is 6. The number of carboxylic acid groups (broad SMARTS) is 1. The largest absolute Gasteiger partial charge is 0.480 e. The molecular weight excluding hydrogens is 382 g/mol. The van der Waals surface area contributed by atoms with Gasteiger partial charge in [0.25, 0.3) is 0 Å². The maximum absolute atomic E-state index is 13.0. The van der Waals surface area contributed by atoms with Crippen molar-refractivity contribution >= 4 is 29.6 Å². The van der Waals surface area contributed by atoms with Gasteiger partial charge in [-0.3, -0.25) is 19.2 Å². The lowest BCUT2D eigenvalue weighted by Gasteiger charge is -2.31. The number of carbonyl (C=O) groups is 5. The van der Waals surface area contributed by atoms with E-state index in [2.05, 4.69) is 10.6 Å². The number of nitrogens with two attached hydrogens (primary N) is 2. The third-order valence-corrected chi connectivity index (χ3v) is 5.05. The van der Waals surface area contributed by atoms with Crippen molar-refractivity contribution < 1.29 is 29.1 Å². The van der Waals surface area contributed by atoms with E-state index in [-0.39, 0.29) is 12.5 Å². The SMILES string of the molecule is CCC(C)C(NC(=O)C(CC(N)=O)NC(=O)C(C)N)C(=O)N1CCCC1C(=O)O. The van der Waals surface area contributed by atoms with Gasteiger partial charge in [0.1, 0.15) is 18.1 Å². The van der Waals surface area contributed by atoms with Gasteiger partial charge in [-0.15, -0.1) is 0 Å². The van der Waals surface area contributed by atoms with Crippen LogP contribution < -0.4 is 22.1 Å². The number of nitrogens with zero attached hydrogens (tertiary/aromatic N) is 1. The first kappa shape index (κ1) is 24.3. The summed E-state index contributed by atoms with van der Waals surface area (Å²) in [6.07, 6.45) is 0.970. The zero-order valence-electron chi connectivity index (χ0n) is 17.0. The van der Waals surface area contributed by atoms with E-state index >= 15 is 0 Å². The number of amides is 4. The van der Waals surface area contributed by atoms with E-state index in [1.54, 1.807) is 6.92 Å². The molecule has 0 radical (unpaired) electrons. The number of hydrogen-bond donors (Lipinski definition) is 5. The second-order valence-corrected chi connectivity index (χ2v) is 7.42. The zero-order valence-corrected chi connectivity index (χ0v) is 17.0. The third-order valence-electron chi connectivity index (χ3n) is 5.05. The summed E-state index contributed by atoms with van der Waals surface area (Å²) in [4.78, 5) is 61.6. The van der Waals surface area contributed by atoms with Crippen LogP contribution in [0, 0.1) is 5.92 Å². The van der Waals surface area contributed by atoms with Crippen molar-refractivity contribution in [3.63, 3.8) is 0 Å². The molecule has 1 heterocycles. The van der Waals surface area contributed by atoms with Crippen LogP contribution in [-0.2, 0) is 24.0 Å².